The summed E-state index contributed by atoms with van der Waals surface area (Å²) in [6, 6.07) is 14.5. The Kier molecular flexibility index (Phi) is 7.39. The molecule has 10 nitrogen and oxygen atoms in total. The van der Waals surface area contributed by atoms with Gasteiger partial charge in [-0.3, -0.25) is 14.9 Å². The maximum atomic E-state index is 12.4. The first-order valence-corrected chi connectivity index (χ1v) is 9.89. The van der Waals surface area contributed by atoms with Gasteiger partial charge in [-0.1, -0.05) is 11.2 Å². The molecule has 10 heteroatoms. The molecule has 1 N–H and O–H groups in total. The van der Waals surface area contributed by atoms with Crippen molar-refractivity contribution in [1.29, 1.82) is 5.26 Å². The van der Waals surface area contributed by atoms with Crippen molar-refractivity contribution in [3.8, 4) is 17.6 Å². The van der Waals surface area contributed by atoms with Crippen molar-refractivity contribution in [2.45, 2.75) is 20.5 Å². The van der Waals surface area contributed by atoms with Crippen molar-refractivity contribution < 1.29 is 23.7 Å². The molecule has 3 rings (SSSR count). The van der Waals surface area contributed by atoms with Crippen LogP contribution in [-0.4, -0.2) is 22.6 Å². The van der Waals surface area contributed by atoms with Crippen LogP contribution in [0.15, 0.2) is 58.6 Å². The molecule has 0 saturated heterocycles. The predicted molar refractivity (Wildman–Crippen MR) is 118 cm³/mol. The molecule has 1 heterocycles. The van der Waals surface area contributed by atoms with Gasteiger partial charge in [-0.15, -0.1) is 0 Å². The number of carbonyl (C=O) groups excluding carboxylic acids is 1. The quantitative estimate of drug-likeness (QED) is 0.220. The number of hydrogen-bond acceptors (Lipinski definition) is 8. The highest BCUT2D eigenvalue weighted by Crippen LogP contribution is 2.30. The fourth-order valence-electron chi connectivity index (χ4n) is 2.80. The molecular formula is C23H20N4O6. The first-order valence-electron chi connectivity index (χ1n) is 9.89. The van der Waals surface area contributed by atoms with E-state index in [1.54, 1.807) is 37.3 Å². The van der Waals surface area contributed by atoms with E-state index in [4.69, 9.17) is 14.0 Å². The van der Waals surface area contributed by atoms with Gasteiger partial charge in [-0.2, -0.15) is 5.26 Å². The summed E-state index contributed by atoms with van der Waals surface area (Å²) in [5, 5.41) is 26.4. The molecule has 168 valence electrons. The smallest absolute Gasteiger partial charge is 0.269 e. The molecule has 2 aromatic carbocycles. The van der Waals surface area contributed by atoms with Crippen molar-refractivity contribution in [1.82, 2.24) is 5.16 Å². The molecule has 0 radical (unpaired) electrons. The Morgan fingerprint density at radius 2 is 1.97 bits per heavy atom. The second-order valence-corrected chi connectivity index (χ2v) is 6.80. The number of aromatic nitrogens is 1. The Morgan fingerprint density at radius 1 is 1.21 bits per heavy atom. The van der Waals surface area contributed by atoms with Gasteiger partial charge in [0.1, 0.15) is 24.0 Å². The number of nitro benzene ring substituents is 1. The topological polar surface area (TPSA) is 141 Å². The van der Waals surface area contributed by atoms with Crippen LogP contribution < -0.4 is 14.8 Å². The van der Waals surface area contributed by atoms with Gasteiger partial charge >= 0.3 is 0 Å². The number of nitro groups is 1. The molecule has 0 atom stereocenters. The number of nitriles is 1. The Labute approximate surface area is 189 Å². The Hall–Kier alpha value is -4.65. The number of ether oxygens (including phenoxy) is 2. The lowest BCUT2D eigenvalue weighted by molar-refractivity contribution is -0.384. The molecule has 0 fully saturated rings. The monoisotopic (exact) mass is 448 g/mol. The van der Waals surface area contributed by atoms with Gasteiger partial charge in [0.05, 0.1) is 11.5 Å². The standard InChI is InChI=1S/C23H20N4O6/c1-3-31-21-12-17(11-18(13-24)23(28)25-22-10-15(2)33-26-22)6-9-20(21)32-14-16-4-7-19(8-5-16)27(29)30/h4-12H,3,14H2,1-2H3,(H,25,26,28)/b18-11-. The van der Waals surface area contributed by atoms with E-state index in [1.165, 1.54) is 24.3 Å². The second-order valence-electron chi connectivity index (χ2n) is 6.80. The van der Waals surface area contributed by atoms with Crippen LogP contribution in [0.5, 0.6) is 11.5 Å². The lowest BCUT2D eigenvalue weighted by atomic mass is 10.1. The van der Waals surface area contributed by atoms with E-state index >= 15 is 0 Å². The van der Waals surface area contributed by atoms with Gasteiger partial charge in [0.25, 0.3) is 11.6 Å². The van der Waals surface area contributed by atoms with Crippen molar-refractivity contribution in [2.24, 2.45) is 0 Å². The van der Waals surface area contributed by atoms with Crippen molar-refractivity contribution >= 4 is 23.5 Å². The van der Waals surface area contributed by atoms with Crippen molar-refractivity contribution in [3.63, 3.8) is 0 Å². The third-order valence-corrected chi connectivity index (χ3v) is 4.35. The van der Waals surface area contributed by atoms with Crippen LogP contribution in [0.25, 0.3) is 6.08 Å². The molecule has 0 aliphatic rings. The van der Waals surface area contributed by atoms with E-state index < -0.39 is 10.8 Å². The number of rotatable bonds is 9. The van der Waals surface area contributed by atoms with E-state index in [2.05, 4.69) is 10.5 Å². The largest absolute Gasteiger partial charge is 0.490 e. The van der Waals surface area contributed by atoms with Crippen LogP contribution in [0.2, 0.25) is 0 Å². The summed E-state index contributed by atoms with van der Waals surface area (Å²) in [5.41, 5.74) is 1.18. The lowest BCUT2D eigenvalue weighted by Crippen LogP contribution is -2.13. The average molecular weight is 448 g/mol. The summed E-state index contributed by atoms with van der Waals surface area (Å²) in [4.78, 5) is 22.7. The van der Waals surface area contributed by atoms with Crippen LogP contribution in [0.1, 0.15) is 23.8 Å². The van der Waals surface area contributed by atoms with Gasteiger partial charge in [0, 0.05) is 18.2 Å². The molecule has 0 aliphatic carbocycles. The van der Waals surface area contributed by atoms with Gasteiger partial charge in [-0.05, 0) is 55.3 Å². The molecule has 1 amide bonds. The van der Waals surface area contributed by atoms with Crippen LogP contribution in [0.3, 0.4) is 0 Å². The highest BCUT2D eigenvalue weighted by Gasteiger charge is 2.13. The molecule has 0 bridgehead atoms. The zero-order chi connectivity index (χ0) is 23.8. The minimum Gasteiger partial charge on any atom is -0.490 e. The van der Waals surface area contributed by atoms with Crippen molar-refractivity contribution in [3.05, 3.63) is 81.1 Å². The van der Waals surface area contributed by atoms with E-state index in [1.807, 2.05) is 13.0 Å². The fourth-order valence-corrected chi connectivity index (χ4v) is 2.80. The van der Waals surface area contributed by atoms with Crippen LogP contribution in [0, 0.1) is 28.4 Å². The number of aryl methyl sites for hydroxylation is 1. The SMILES string of the molecule is CCOc1cc(/C=C(/C#N)C(=O)Nc2cc(C)on2)ccc1OCc1ccc([N+](=O)[O-])cc1. The van der Waals surface area contributed by atoms with Gasteiger partial charge < -0.3 is 19.3 Å². The van der Waals surface area contributed by atoms with Gasteiger partial charge in [-0.25, -0.2) is 0 Å². The highest BCUT2D eigenvalue weighted by atomic mass is 16.6. The maximum Gasteiger partial charge on any atom is 0.269 e. The lowest BCUT2D eigenvalue weighted by Gasteiger charge is -2.13. The van der Waals surface area contributed by atoms with E-state index in [0.29, 0.717) is 29.4 Å². The number of benzene rings is 2. The summed E-state index contributed by atoms with van der Waals surface area (Å²) in [6.45, 7) is 4.05. The van der Waals surface area contributed by atoms with Crippen molar-refractivity contribution in [2.75, 3.05) is 11.9 Å². The van der Waals surface area contributed by atoms with Gasteiger partial charge in [0.2, 0.25) is 0 Å². The Bertz CT molecular complexity index is 1220. The third-order valence-electron chi connectivity index (χ3n) is 4.35. The molecule has 0 spiro atoms. The summed E-state index contributed by atoms with van der Waals surface area (Å²) >= 11 is 0. The van der Waals surface area contributed by atoms with E-state index in [-0.39, 0.29) is 23.7 Å². The number of carbonyl (C=O) groups is 1. The first kappa shape index (κ1) is 23.0. The van der Waals surface area contributed by atoms with Gasteiger partial charge in [0.15, 0.2) is 17.3 Å². The number of amides is 1. The third kappa shape index (κ3) is 6.18. The zero-order valence-electron chi connectivity index (χ0n) is 17.9. The number of anilines is 1. The molecule has 0 unspecified atom stereocenters. The number of hydrogen-bond donors (Lipinski definition) is 1. The summed E-state index contributed by atoms with van der Waals surface area (Å²) < 4.78 is 16.4. The number of nitrogens with one attached hydrogen (secondary N) is 1. The van der Waals surface area contributed by atoms with Crippen LogP contribution in [-0.2, 0) is 11.4 Å². The Balaban J connectivity index is 1.75. The van der Waals surface area contributed by atoms with E-state index in [9.17, 15) is 20.2 Å². The molecule has 33 heavy (non-hydrogen) atoms. The zero-order valence-corrected chi connectivity index (χ0v) is 17.9. The predicted octanol–water partition coefficient (Wildman–Crippen LogP) is 4.41. The normalized spacial score (nSPS) is 10.9. The fraction of sp³-hybridized carbons (Fsp3) is 0.174. The average Bonchev–Trinajstić information content (AvgIpc) is 3.21. The minimum absolute atomic E-state index is 0.000847. The molecule has 3 aromatic rings. The Morgan fingerprint density at radius 3 is 2.58 bits per heavy atom. The van der Waals surface area contributed by atoms with E-state index in [0.717, 1.165) is 5.56 Å². The molecular weight excluding hydrogens is 428 g/mol. The summed E-state index contributed by atoms with van der Waals surface area (Å²) in [5.74, 6) is 0.996. The number of nitrogens with zero attached hydrogens (tertiary/aromatic N) is 3. The first-order chi connectivity index (χ1) is 15.9. The molecule has 1 aromatic heterocycles. The number of non-ortho nitro benzene ring substituents is 1. The summed E-state index contributed by atoms with van der Waals surface area (Å²) in [6.07, 6.45) is 1.42. The second kappa shape index (κ2) is 10.6. The molecule has 0 saturated carbocycles. The maximum absolute atomic E-state index is 12.4. The van der Waals surface area contributed by atoms with Crippen LogP contribution in [0.4, 0.5) is 11.5 Å². The van der Waals surface area contributed by atoms with Crippen LogP contribution >= 0.6 is 0 Å². The summed E-state index contributed by atoms with van der Waals surface area (Å²) in [7, 11) is 0. The molecule has 0 aliphatic heterocycles. The minimum atomic E-state index is -0.623. The highest BCUT2D eigenvalue weighted by molar-refractivity contribution is 6.09.